The second-order valence-corrected chi connectivity index (χ2v) is 6.55. The molecule has 1 heterocycles. The molecule has 3 aromatic carbocycles. The predicted molar refractivity (Wildman–Crippen MR) is 109 cm³/mol. The summed E-state index contributed by atoms with van der Waals surface area (Å²) in [6.07, 6.45) is 1.71. The number of hydrogen-bond donors (Lipinski definition) is 0. The first-order chi connectivity index (χ1) is 13.7. The number of aryl methyl sites for hydroxylation is 1. The predicted octanol–water partition coefficient (Wildman–Crippen LogP) is 4.92. The monoisotopic (exact) mass is 369 g/mol. The van der Waals surface area contributed by atoms with Crippen molar-refractivity contribution in [3.8, 4) is 5.75 Å². The molecule has 4 nitrogen and oxygen atoms in total. The van der Waals surface area contributed by atoms with E-state index in [0.717, 1.165) is 28.0 Å². The highest BCUT2D eigenvalue weighted by Crippen LogP contribution is 2.21. The van der Waals surface area contributed by atoms with Crippen LogP contribution >= 0.6 is 0 Å². The number of aliphatic imine (C=N–C) groups is 1. The summed E-state index contributed by atoms with van der Waals surface area (Å²) in [6, 6.07) is 25.2. The third-order valence-electron chi connectivity index (χ3n) is 4.32. The van der Waals surface area contributed by atoms with Crippen molar-refractivity contribution < 1.29 is 14.3 Å². The molecule has 1 aliphatic rings. The van der Waals surface area contributed by atoms with Crippen LogP contribution in [0.5, 0.6) is 5.75 Å². The van der Waals surface area contributed by atoms with Crippen LogP contribution in [-0.4, -0.2) is 11.9 Å². The van der Waals surface area contributed by atoms with E-state index in [1.807, 2.05) is 85.8 Å². The summed E-state index contributed by atoms with van der Waals surface area (Å²) in [5.74, 6) is 0.660. The Kier molecular flexibility index (Phi) is 5.02. The molecular formula is C24H19NO3. The molecule has 1 aliphatic heterocycles. The number of rotatable bonds is 5. The summed E-state index contributed by atoms with van der Waals surface area (Å²) < 4.78 is 11.1. The molecule has 0 amide bonds. The standard InChI is InChI=1S/C24H19NO3/c1-17-6-5-9-20(14-17)23-25-22(24(26)28-23)15-18-10-12-21(13-11-18)27-16-19-7-3-2-4-8-19/h2-15H,16H2,1H3/b22-15+. The van der Waals surface area contributed by atoms with Gasteiger partial charge in [0.25, 0.3) is 0 Å². The van der Waals surface area contributed by atoms with Gasteiger partial charge in [-0.15, -0.1) is 0 Å². The lowest BCUT2D eigenvalue weighted by Gasteiger charge is -2.06. The Morgan fingerprint density at radius 3 is 2.50 bits per heavy atom. The first-order valence-corrected chi connectivity index (χ1v) is 9.04. The van der Waals surface area contributed by atoms with Crippen LogP contribution < -0.4 is 4.74 Å². The van der Waals surface area contributed by atoms with Gasteiger partial charge in [-0.05, 0) is 48.4 Å². The van der Waals surface area contributed by atoms with Crippen LogP contribution in [0.2, 0.25) is 0 Å². The minimum absolute atomic E-state index is 0.287. The molecular weight excluding hydrogens is 350 g/mol. The largest absolute Gasteiger partial charge is 0.489 e. The molecule has 0 N–H and O–H groups in total. The van der Waals surface area contributed by atoms with E-state index in [2.05, 4.69) is 4.99 Å². The van der Waals surface area contributed by atoms with Gasteiger partial charge in [-0.2, -0.15) is 0 Å². The molecule has 0 saturated heterocycles. The zero-order valence-electron chi connectivity index (χ0n) is 15.5. The second kappa shape index (κ2) is 7.92. The van der Waals surface area contributed by atoms with E-state index < -0.39 is 5.97 Å². The third-order valence-corrected chi connectivity index (χ3v) is 4.32. The summed E-state index contributed by atoms with van der Waals surface area (Å²) in [4.78, 5) is 16.5. The van der Waals surface area contributed by atoms with Crippen molar-refractivity contribution in [3.63, 3.8) is 0 Å². The van der Waals surface area contributed by atoms with Crippen molar-refractivity contribution in [1.82, 2.24) is 0 Å². The zero-order chi connectivity index (χ0) is 19.3. The Bertz CT molecular complexity index is 1050. The maximum Gasteiger partial charge on any atom is 0.363 e. The number of hydrogen-bond acceptors (Lipinski definition) is 4. The van der Waals surface area contributed by atoms with Crippen molar-refractivity contribution in [2.75, 3.05) is 0 Å². The van der Waals surface area contributed by atoms with Crippen LogP contribution in [0.15, 0.2) is 89.6 Å². The molecule has 0 unspecified atom stereocenters. The van der Waals surface area contributed by atoms with E-state index >= 15 is 0 Å². The third kappa shape index (κ3) is 4.18. The summed E-state index contributed by atoms with van der Waals surface area (Å²) in [7, 11) is 0. The Morgan fingerprint density at radius 2 is 1.75 bits per heavy atom. The molecule has 0 aliphatic carbocycles. The molecule has 0 aromatic heterocycles. The molecule has 0 spiro atoms. The molecule has 3 aromatic rings. The van der Waals surface area contributed by atoms with E-state index in [9.17, 15) is 4.79 Å². The highest BCUT2D eigenvalue weighted by atomic mass is 16.6. The summed E-state index contributed by atoms with van der Waals surface area (Å²) in [5.41, 5.74) is 4.13. The van der Waals surface area contributed by atoms with Gasteiger partial charge in [0.1, 0.15) is 12.4 Å². The number of ether oxygens (including phenoxy) is 2. The number of esters is 1. The molecule has 4 heteroatoms. The summed E-state index contributed by atoms with van der Waals surface area (Å²) >= 11 is 0. The maximum atomic E-state index is 12.1. The molecule has 28 heavy (non-hydrogen) atoms. The van der Waals surface area contributed by atoms with Gasteiger partial charge in [0.05, 0.1) is 0 Å². The van der Waals surface area contributed by atoms with Crippen LogP contribution in [0.4, 0.5) is 0 Å². The number of nitrogens with zero attached hydrogens (tertiary/aromatic N) is 1. The van der Waals surface area contributed by atoms with Crippen LogP contribution in [0.3, 0.4) is 0 Å². The first-order valence-electron chi connectivity index (χ1n) is 9.04. The normalized spacial score (nSPS) is 14.7. The maximum absolute atomic E-state index is 12.1. The summed E-state index contributed by atoms with van der Waals surface area (Å²) in [5, 5.41) is 0. The Labute approximate surface area is 163 Å². The Balaban J connectivity index is 1.47. The summed E-state index contributed by atoms with van der Waals surface area (Å²) in [6.45, 7) is 2.50. The number of benzene rings is 3. The first kappa shape index (κ1) is 17.7. The highest BCUT2D eigenvalue weighted by molar-refractivity contribution is 6.12. The van der Waals surface area contributed by atoms with Gasteiger partial charge in [0, 0.05) is 5.56 Å². The minimum atomic E-state index is -0.444. The van der Waals surface area contributed by atoms with Crippen molar-refractivity contribution >= 4 is 17.9 Å². The molecule has 0 fully saturated rings. The lowest BCUT2D eigenvalue weighted by atomic mass is 10.1. The van der Waals surface area contributed by atoms with Gasteiger partial charge in [-0.3, -0.25) is 0 Å². The minimum Gasteiger partial charge on any atom is -0.489 e. The van der Waals surface area contributed by atoms with E-state index in [0.29, 0.717) is 12.5 Å². The van der Waals surface area contributed by atoms with Gasteiger partial charge in [0.2, 0.25) is 5.90 Å². The Hall–Kier alpha value is -3.66. The SMILES string of the molecule is Cc1cccc(C2=N/C(=C/c3ccc(OCc4ccccc4)cc3)C(=O)O2)c1. The van der Waals surface area contributed by atoms with Crippen molar-refractivity contribution in [2.45, 2.75) is 13.5 Å². The van der Waals surface area contributed by atoms with Gasteiger partial charge in [0.15, 0.2) is 5.70 Å². The van der Waals surface area contributed by atoms with E-state index in [1.165, 1.54) is 0 Å². The van der Waals surface area contributed by atoms with Crippen LogP contribution in [-0.2, 0) is 16.1 Å². The molecule has 4 rings (SSSR count). The quantitative estimate of drug-likeness (QED) is 0.474. The number of carbonyl (C=O) groups is 1. The van der Waals surface area contributed by atoms with Gasteiger partial charge in [-0.25, -0.2) is 9.79 Å². The average Bonchev–Trinajstić information content (AvgIpc) is 3.09. The molecule has 0 bridgehead atoms. The number of cyclic esters (lactones) is 1. The highest BCUT2D eigenvalue weighted by Gasteiger charge is 2.24. The van der Waals surface area contributed by atoms with E-state index in [1.54, 1.807) is 6.08 Å². The van der Waals surface area contributed by atoms with Crippen molar-refractivity contribution in [2.24, 2.45) is 4.99 Å². The molecule has 0 radical (unpaired) electrons. The smallest absolute Gasteiger partial charge is 0.363 e. The van der Waals surface area contributed by atoms with Gasteiger partial charge >= 0.3 is 5.97 Å². The second-order valence-electron chi connectivity index (χ2n) is 6.55. The lowest BCUT2D eigenvalue weighted by molar-refractivity contribution is -0.129. The van der Waals surface area contributed by atoms with Crippen molar-refractivity contribution in [3.05, 3.63) is 107 Å². The van der Waals surface area contributed by atoms with Crippen LogP contribution in [0.1, 0.15) is 22.3 Å². The van der Waals surface area contributed by atoms with Gasteiger partial charge in [-0.1, -0.05) is 60.2 Å². The van der Waals surface area contributed by atoms with Gasteiger partial charge < -0.3 is 9.47 Å². The molecule has 0 atom stereocenters. The van der Waals surface area contributed by atoms with E-state index in [-0.39, 0.29) is 5.70 Å². The van der Waals surface area contributed by atoms with Crippen LogP contribution in [0.25, 0.3) is 6.08 Å². The Morgan fingerprint density at radius 1 is 0.964 bits per heavy atom. The molecule has 138 valence electrons. The zero-order valence-corrected chi connectivity index (χ0v) is 15.5. The van der Waals surface area contributed by atoms with Crippen molar-refractivity contribution in [1.29, 1.82) is 0 Å². The lowest BCUT2D eigenvalue weighted by Crippen LogP contribution is -2.05. The fourth-order valence-electron chi connectivity index (χ4n) is 2.87. The fraction of sp³-hybridized carbons (Fsp3) is 0.0833. The average molecular weight is 369 g/mol. The fourth-order valence-corrected chi connectivity index (χ4v) is 2.87. The van der Waals surface area contributed by atoms with Crippen LogP contribution in [0, 0.1) is 6.92 Å². The topological polar surface area (TPSA) is 47.9 Å². The number of carbonyl (C=O) groups excluding carboxylic acids is 1. The van der Waals surface area contributed by atoms with E-state index in [4.69, 9.17) is 9.47 Å². The molecule has 0 saturated carbocycles.